The number of amides is 3. The Kier molecular flexibility index (Phi) is 7.05. The smallest absolute Gasteiger partial charge is 0.321 e. The first-order chi connectivity index (χ1) is 15.3. The van der Waals surface area contributed by atoms with Crippen molar-refractivity contribution in [1.82, 2.24) is 15.1 Å². The maximum atomic E-state index is 13.1. The highest BCUT2D eigenvalue weighted by atomic mass is 32.2. The molecule has 0 aromatic heterocycles. The summed E-state index contributed by atoms with van der Waals surface area (Å²) in [5.41, 5.74) is 1.80. The largest absolute Gasteiger partial charge is 0.350 e. The number of likely N-dealkylation sites (tertiary alicyclic amines) is 2. The molecular weight excluding hydrogens is 428 g/mol. The zero-order valence-electron chi connectivity index (χ0n) is 18.8. The van der Waals surface area contributed by atoms with Crippen LogP contribution >= 0.6 is 0 Å². The molecule has 0 radical (unpaired) electrons. The van der Waals surface area contributed by atoms with E-state index in [0.29, 0.717) is 19.5 Å². The molecule has 3 atom stereocenters. The van der Waals surface area contributed by atoms with Crippen molar-refractivity contribution >= 4 is 27.5 Å². The molecule has 4 rings (SSSR count). The molecule has 3 aliphatic heterocycles. The Morgan fingerprint density at radius 3 is 2.56 bits per heavy atom. The van der Waals surface area contributed by atoms with Crippen molar-refractivity contribution in [3.63, 3.8) is 0 Å². The van der Waals surface area contributed by atoms with Gasteiger partial charge in [-0.15, -0.1) is 0 Å². The van der Waals surface area contributed by atoms with Gasteiger partial charge in [0.2, 0.25) is 5.91 Å². The summed E-state index contributed by atoms with van der Waals surface area (Å²) in [5.74, 6) is -0.336. The number of aryl methyl sites for hydroxylation is 1. The molecule has 0 aliphatic carbocycles. The molecule has 8 nitrogen and oxygen atoms in total. The monoisotopic (exact) mass is 462 g/mol. The Labute approximate surface area is 190 Å². The van der Waals surface area contributed by atoms with Crippen molar-refractivity contribution in [2.24, 2.45) is 5.92 Å². The Hall–Kier alpha value is -2.13. The number of sulfone groups is 1. The van der Waals surface area contributed by atoms with E-state index in [2.05, 4.69) is 15.5 Å². The minimum Gasteiger partial charge on any atom is -0.350 e. The van der Waals surface area contributed by atoms with Gasteiger partial charge in [0.1, 0.15) is 0 Å². The van der Waals surface area contributed by atoms with E-state index in [1.165, 1.54) is 6.42 Å². The van der Waals surface area contributed by atoms with Gasteiger partial charge in [-0.05, 0) is 63.4 Å². The van der Waals surface area contributed by atoms with Gasteiger partial charge in [-0.1, -0.05) is 18.6 Å². The predicted molar refractivity (Wildman–Crippen MR) is 124 cm³/mol. The number of hydrogen-bond donors (Lipinski definition) is 2. The van der Waals surface area contributed by atoms with Crippen LogP contribution in [0.2, 0.25) is 0 Å². The lowest BCUT2D eigenvalue weighted by Gasteiger charge is -2.36. The summed E-state index contributed by atoms with van der Waals surface area (Å²) in [6, 6.07) is 6.90. The maximum absolute atomic E-state index is 13.1. The zero-order chi connectivity index (χ0) is 22.7. The van der Waals surface area contributed by atoms with E-state index in [9.17, 15) is 18.0 Å². The van der Waals surface area contributed by atoms with E-state index in [1.54, 1.807) is 4.90 Å². The van der Waals surface area contributed by atoms with E-state index in [-0.39, 0.29) is 41.4 Å². The normalized spacial score (nSPS) is 28.3. The molecule has 3 heterocycles. The number of nitrogens with zero attached hydrogens (tertiary/aromatic N) is 2. The van der Waals surface area contributed by atoms with Crippen molar-refractivity contribution in [3.05, 3.63) is 29.8 Å². The SMILES string of the molecule is Cc1cccc(NC(=O)N2CCCC(C(=O)NC3CS(=O)(=O)CC3N3CCCCC3)C2)c1. The second-order valence-electron chi connectivity index (χ2n) is 9.44. The van der Waals surface area contributed by atoms with E-state index in [0.717, 1.165) is 43.6 Å². The van der Waals surface area contributed by atoms with Crippen LogP contribution in [0.1, 0.15) is 37.7 Å². The van der Waals surface area contributed by atoms with Gasteiger partial charge in [0.25, 0.3) is 0 Å². The third kappa shape index (κ3) is 5.61. The van der Waals surface area contributed by atoms with Crippen molar-refractivity contribution in [2.75, 3.05) is 43.0 Å². The van der Waals surface area contributed by atoms with Gasteiger partial charge < -0.3 is 15.5 Å². The molecule has 0 bridgehead atoms. The van der Waals surface area contributed by atoms with Gasteiger partial charge >= 0.3 is 6.03 Å². The Balaban J connectivity index is 1.36. The lowest BCUT2D eigenvalue weighted by Crippen LogP contribution is -2.55. The summed E-state index contributed by atoms with van der Waals surface area (Å²) in [7, 11) is -3.16. The molecule has 1 aromatic rings. The summed E-state index contributed by atoms with van der Waals surface area (Å²) in [6.45, 7) is 4.70. The van der Waals surface area contributed by atoms with Gasteiger partial charge in [-0.2, -0.15) is 0 Å². The minimum atomic E-state index is -3.16. The molecule has 3 unspecified atom stereocenters. The molecular formula is C23H34N4O4S. The molecule has 3 amide bonds. The summed E-state index contributed by atoms with van der Waals surface area (Å²) in [4.78, 5) is 29.7. The zero-order valence-corrected chi connectivity index (χ0v) is 19.6. The van der Waals surface area contributed by atoms with Crippen LogP contribution < -0.4 is 10.6 Å². The molecule has 32 heavy (non-hydrogen) atoms. The number of urea groups is 1. The van der Waals surface area contributed by atoms with E-state index in [1.807, 2.05) is 31.2 Å². The van der Waals surface area contributed by atoms with Gasteiger partial charge in [-0.3, -0.25) is 9.69 Å². The molecule has 0 saturated carbocycles. The van der Waals surface area contributed by atoms with Gasteiger partial charge in [-0.25, -0.2) is 13.2 Å². The predicted octanol–water partition coefficient (Wildman–Crippen LogP) is 2.01. The first-order valence-corrected chi connectivity index (χ1v) is 13.5. The highest BCUT2D eigenvalue weighted by Crippen LogP contribution is 2.24. The number of carbonyl (C=O) groups excluding carboxylic acids is 2. The van der Waals surface area contributed by atoms with Crippen molar-refractivity contribution in [2.45, 2.75) is 51.1 Å². The number of piperidine rings is 2. The average Bonchev–Trinajstić information content (AvgIpc) is 3.08. The number of benzene rings is 1. The topological polar surface area (TPSA) is 98.8 Å². The lowest BCUT2D eigenvalue weighted by molar-refractivity contribution is -0.127. The first-order valence-electron chi connectivity index (χ1n) is 11.7. The molecule has 3 saturated heterocycles. The van der Waals surface area contributed by atoms with Gasteiger partial charge in [0, 0.05) is 24.8 Å². The van der Waals surface area contributed by atoms with Gasteiger partial charge in [0.15, 0.2) is 9.84 Å². The number of rotatable bonds is 4. The number of carbonyl (C=O) groups is 2. The molecule has 9 heteroatoms. The second kappa shape index (κ2) is 9.79. The van der Waals surface area contributed by atoms with Crippen LogP contribution in [-0.4, -0.2) is 79.9 Å². The van der Waals surface area contributed by atoms with Crippen LogP contribution in [0.5, 0.6) is 0 Å². The van der Waals surface area contributed by atoms with Crippen molar-refractivity contribution in [1.29, 1.82) is 0 Å². The summed E-state index contributed by atoms with van der Waals surface area (Å²) in [5, 5.41) is 5.97. The standard InChI is InChI=1S/C23H34N4O4S/c1-17-7-5-9-19(13-17)24-23(29)27-12-6-8-18(14-27)22(28)25-20-15-32(30,31)16-21(20)26-10-3-2-4-11-26/h5,7,9,13,18,20-21H,2-4,6,8,10-12,14-16H2,1H3,(H,24,29)(H,25,28). The van der Waals surface area contributed by atoms with Crippen molar-refractivity contribution < 1.29 is 18.0 Å². The summed E-state index contributed by atoms with van der Waals surface area (Å²) < 4.78 is 24.7. The average molecular weight is 463 g/mol. The molecule has 176 valence electrons. The minimum absolute atomic E-state index is 0.00415. The third-order valence-corrected chi connectivity index (χ3v) is 8.58. The van der Waals surface area contributed by atoms with E-state index < -0.39 is 9.84 Å². The summed E-state index contributed by atoms with van der Waals surface area (Å²) >= 11 is 0. The number of hydrogen-bond acceptors (Lipinski definition) is 5. The van der Waals surface area contributed by atoms with Crippen LogP contribution in [0.15, 0.2) is 24.3 Å². The second-order valence-corrected chi connectivity index (χ2v) is 11.6. The number of nitrogens with one attached hydrogen (secondary N) is 2. The fourth-order valence-corrected chi connectivity index (χ4v) is 7.13. The number of anilines is 1. The van der Waals surface area contributed by atoms with Gasteiger partial charge in [0.05, 0.1) is 23.5 Å². The van der Waals surface area contributed by atoms with Crippen LogP contribution in [0.25, 0.3) is 0 Å². The first kappa shape index (κ1) is 23.0. The highest BCUT2D eigenvalue weighted by Gasteiger charge is 2.43. The third-order valence-electron chi connectivity index (χ3n) is 6.86. The summed E-state index contributed by atoms with van der Waals surface area (Å²) in [6.07, 6.45) is 4.77. The van der Waals surface area contributed by atoms with E-state index in [4.69, 9.17) is 0 Å². The van der Waals surface area contributed by atoms with Crippen LogP contribution in [0, 0.1) is 12.8 Å². The quantitative estimate of drug-likeness (QED) is 0.713. The molecule has 1 aromatic carbocycles. The van der Waals surface area contributed by atoms with Crippen LogP contribution in [-0.2, 0) is 14.6 Å². The molecule has 3 aliphatic rings. The fraction of sp³-hybridized carbons (Fsp3) is 0.652. The Morgan fingerprint density at radius 1 is 1.03 bits per heavy atom. The van der Waals surface area contributed by atoms with Crippen molar-refractivity contribution in [3.8, 4) is 0 Å². The fourth-order valence-electron chi connectivity index (χ4n) is 5.18. The van der Waals surface area contributed by atoms with Crippen LogP contribution in [0.3, 0.4) is 0 Å². The maximum Gasteiger partial charge on any atom is 0.321 e. The lowest BCUT2D eigenvalue weighted by atomic mass is 9.96. The Bertz CT molecular complexity index is 945. The Morgan fingerprint density at radius 2 is 1.81 bits per heavy atom. The highest BCUT2D eigenvalue weighted by molar-refractivity contribution is 7.91. The van der Waals surface area contributed by atoms with E-state index >= 15 is 0 Å². The van der Waals surface area contributed by atoms with Crippen LogP contribution in [0.4, 0.5) is 10.5 Å². The molecule has 2 N–H and O–H groups in total. The molecule has 3 fully saturated rings. The molecule has 0 spiro atoms.